The van der Waals surface area contributed by atoms with Gasteiger partial charge in [0.05, 0.1) is 0 Å². The molecule has 3 N–H and O–H groups in total. The number of amides is 3. The minimum absolute atomic E-state index is 0.0432. The number of carbonyl (C=O) groups excluding carboxylic acids is 2. The molecule has 0 saturated carbocycles. The number of para-hydroxylation sites is 1. The number of hydrogen-bond acceptors (Lipinski definition) is 2. The Kier molecular flexibility index (Phi) is 4.31. The van der Waals surface area contributed by atoms with Crippen LogP contribution in [0.15, 0.2) is 54.7 Å². The highest BCUT2D eigenvalue weighted by Gasteiger charge is 2.21. The Morgan fingerprint density at radius 2 is 2.04 bits per heavy atom. The van der Waals surface area contributed by atoms with Crippen LogP contribution in [0.1, 0.15) is 12.0 Å². The Hall–Kier alpha value is -3.28. The molecule has 0 aliphatic carbocycles. The number of H-pyrrole nitrogens is 1. The summed E-state index contributed by atoms with van der Waals surface area (Å²) in [7, 11) is 0. The molecule has 0 bridgehead atoms. The second-order valence-corrected chi connectivity index (χ2v) is 6.34. The molecule has 1 saturated heterocycles. The van der Waals surface area contributed by atoms with E-state index in [1.165, 1.54) is 0 Å². The van der Waals surface area contributed by atoms with Crippen LogP contribution in [0.5, 0.6) is 0 Å². The molecule has 3 amide bonds. The number of aromatic nitrogens is 1. The summed E-state index contributed by atoms with van der Waals surface area (Å²) in [5.41, 5.74) is 3.71. The molecule has 6 nitrogen and oxygen atoms in total. The second kappa shape index (κ2) is 6.92. The molecule has 0 spiro atoms. The van der Waals surface area contributed by atoms with Gasteiger partial charge < -0.3 is 15.6 Å². The Morgan fingerprint density at radius 1 is 1.15 bits per heavy atom. The quantitative estimate of drug-likeness (QED) is 0.662. The highest BCUT2D eigenvalue weighted by Crippen LogP contribution is 2.22. The summed E-state index contributed by atoms with van der Waals surface area (Å²) in [5.74, 6) is -0.0432. The van der Waals surface area contributed by atoms with E-state index < -0.39 is 0 Å². The third kappa shape index (κ3) is 3.26. The molecule has 2 aromatic carbocycles. The van der Waals surface area contributed by atoms with Crippen molar-refractivity contribution in [2.75, 3.05) is 23.3 Å². The van der Waals surface area contributed by atoms with E-state index >= 15 is 0 Å². The highest BCUT2D eigenvalue weighted by atomic mass is 16.2. The number of nitrogens with zero attached hydrogens (tertiary/aromatic N) is 1. The van der Waals surface area contributed by atoms with Gasteiger partial charge in [0, 0.05) is 48.0 Å². The highest BCUT2D eigenvalue weighted by molar-refractivity contribution is 5.96. The number of fused-ring (bicyclic) bond motifs is 1. The minimum Gasteiger partial charge on any atom is -0.361 e. The summed E-state index contributed by atoms with van der Waals surface area (Å²) < 4.78 is 0. The standard InChI is InChI=1S/C20H20N4O2/c25-19(9-8-14-13-22-18-7-2-1-6-17(14)18)23-15-4-3-5-16(12-15)24-11-10-21-20(24)26/h1-7,12-13,22H,8-11H2,(H,21,26)(H,23,25). The van der Waals surface area contributed by atoms with Gasteiger partial charge in [-0.15, -0.1) is 0 Å². The molecule has 6 heteroatoms. The number of aromatic amines is 1. The normalized spacial score (nSPS) is 13.8. The van der Waals surface area contributed by atoms with Crippen LogP contribution in [0.4, 0.5) is 16.2 Å². The van der Waals surface area contributed by atoms with Gasteiger partial charge in [-0.25, -0.2) is 4.79 Å². The SMILES string of the molecule is O=C(CCc1c[nH]c2ccccc12)Nc1cccc(N2CCNC2=O)c1. The van der Waals surface area contributed by atoms with Gasteiger partial charge in [-0.3, -0.25) is 9.69 Å². The van der Waals surface area contributed by atoms with E-state index in [-0.39, 0.29) is 11.9 Å². The second-order valence-electron chi connectivity index (χ2n) is 6.34. The van der Waals surface area contributed by atoms with Gasteiger partial charge in [0.2, 0.25) is 5.91 Å². The van der Waals surface area contributed by atoms with Gasteiger partial charge in [-0.1, -0.05) is 24.3 Å². The molecule has 1 fully saturated rings. The average Bonchev–Trinajstić information content (AvgIpc) is 3.26. The van der Waals surface area contributed by atoms with E-state index in [2.05, 4.69) is 21.7 Å². The molecule has 4 rings (SSSR count). The average molecular weight is 348 g/mol. The van der Waals surface area contributed by atoms with E-state index in [1.54, 1.807) is 4.90 Å². The molecule has 3 aromatic rings. The van der Waals surface area contributed by atoms with E-state index in [9.17, 15) is 9.59 Å². The molecule has 132 valence electrons. The number of anilines is 2. The van der Waals surface area contributed by atoms with Crippen molar-refractivity contribution in [2.24, 2.45) is 0 Å². The van der Waals surface area contributed by atoms with Crippen LogP contribution in [0.2, 0.25) is 0 Å². The zero-order valence-corrected chi connectivity index (χ0v) is 14.3. The number of aryl methyl sites for hydroxylation is 1. The van der Waals surface area contributed by atoms with Crippen molar-refractivity contribution in [3.63, 3.8) is 0 Å². The smallest absolute Gasteiger partial charge is 0.321 e. The minimum atomic E-state index is -0.104. The largest absolute Gasteiger partial charge is 0.361 e. The molecule has 1 aliphatic heterocycles. The molecule has 1 aliphatic rings. The zero-order valence-electron chi connectivity index (χ0n) is 14.3. The number of carbonyl (C=O) groups is 2. The van der Waals surface area contributed by atoms with Crippen molar-refractivity contribution in [3.8, 4) is 0 Å². The third-order valence-electron chi connectivity index (χ3n) is 4.59. The van der Waals surface area contributed by atoms with Gasteiger partial charge in [-0.05, 0) is 36.2 Å². The fraction of sp³-hybridized carbons (Fsp3) is 0.200. The van der Waals surface area contributed by atoms with Gasteiger partial charge in [0.15, 0.2) is 0 Å². The molecule has 0 atom stereocenters. The lowest BCUT2D eigenvalue weighted by Gasteiger charge is -2.15. The predicted molar refractivity (Wildman–Crippen MR) is 102 cm³/mol. The summed E-state index contributed by atoms with van der Waals surface area (Å²) >= 11 is 0. The van der Waals surface area contributed by atoms with Gasteiger partial charge >= 0.3 is 6.03 Å². The predicted octanol–water partition coefficient (Wildman–Crippen LogP) is 3.27. The maximum atomic E-state index is 12.3. The maximum Gasteiger partial charge on any atom is 0.321 e. The lowest BCUT2D eigenvalue weighted by molar-refractivity contribution is -0.116. The summed E-state index contributed by atoms with van der Waals surface area (Å²) in [6.07, 6.45) is 3.03. The Bertz CT molecular complexity index is 963. The van der Waals surface area contributed by atoms with E-state index in [4.69, 9.17) is 0 Å². The maximum absolute atomic E-state index is 12.3. The van der Waals surface area contributed by atoms with Gasteiger partial charge in [0.1, 0.15) is 0 Å². The number of nitrogens with one attached hydrogen (secondary N) is 3. The first-order valence-electron chi connectivity index (χ1n) is 8.71. The van der Waals surface area contributed by atoms with Crippen LogP contribution in [0, 0.1) is 0 Å². The topological polar surface area (TPSA) is 77.2 Å². The van der Waals surface area contributed by atoms with Crippen molar-refractivity contribution >= 4 is 34.2 Å². The lowest BCUT2D eigenvalue weighted by Crippen LogP contribution is -2.27. The van der Waals surface area contributed by atoms with Crippen molar-refractivity contribution < 1.29 is 9.59 Å². The molecule has 26 heavy (non-hydrogen) atoms. The lowest BCUT2D eigenvalue weighted by atomic mass is 10.1. The zero-order chi connectivity index (χ0) is 17.9. The number of benzene rings is 2. The fourth-order valence-corrected chi connectivity index (χ4v) is 3.28. The summed E-state index contributed by atoms with van der Waals surface area (Å²) in [5, 5.41) is 6.85. The first kappa shape index (κ1) is 16.2. The van der Waals surface area contributed by atoms with Crippen LogP contribution >= 0.6 is 0 Å². The first-order chi connectivity index (χ1) is 12.7. The van der Waals surface area contributed by atoms with Crippen LogP contribution in [0.25, 0.3) is 10.9 Å². The van der Waals surface area contributed by atoms with Gasteiger partial charge in [0.25, 0.3) is 0 Å². The first-order valence-corrected chi connectivity index (χ1v) is 8.71. The molecular formula is C20H20N4O2. The monoisotopic (exact) mass is 348 g/mol. The Balaban J connectivity index is 1.40. The van der Waals surface area contributed by atoms with E-state index in [0.717, 1.165) is 22.2 Å². The van der Waals surface area contributed by atoms with Crippen LogP contribution < -0.4 is 15.5 Å². The van der Waals surface area contributed by atoms with Crippen molar-refractivity contribution in [1.29, 1.82) is 0 Å². The molecule has 0 unspecified atom stereocenters. The van der Waals surface area contributed by atoms with Crippen LogP contribution in [-0.2, 0) is 11.2 Å². The molecule has 0 radical (unpaired) electrons. The third-order valence-corrected chi connectivity index (χ3v) is 4.59. The van der Waals surface area contributed by atoms with Gasteiger partial charge in [-0.2, -0.15) is 0 Å². The van der Waals surface area contributed by atoms with E-state index in [1.807, 2.05) is 48.7 Å². The fourth-order valence-electron chi connectivity index (χ4n) is 3.28. The number of rotatable bonds is 5. The van der Waals surface area contributed by atoms with Crippen LogP contribution in [-0.4, -0.2) is 30.0 Å². The molecular weight excluding hydrogens is 328 g/mol. The molecule has 1 aromatic heterocycles. The van der Waals surface area contributed by atoms with E-state index in [0.29, 0.717) is 31.6 Å². The van der Waals surface area contributed by atoms with Crippen molar-refractivity contribution in [2.45, 2.75) is 12.8 Å². The van der Waals surface area contributed by atoms with Crippen LogP contribution in [0.3, 0.4) is 0 Å². The van der Waals surface area contributed by atoms with Crippen molar-refractivity contribution in [1.82, 2.24) is 10.3 Å². The summed E-state index contributed by atoms with van der Waals surface area (Å²) in [4.78, 5) is 29.0. The Labute approximate surface area is 151 Å². The summed E-state index contributed by atoms with van der Waals surface area (Å²) in [6, 6.07) is 15.3. The Morgan fingerprint density at radius 3 is 2.88 bits per heavy atom. The number of hydrogen-bond donors (Lipinski definition) is 3. The molecule has 2 heterocycles. The number of urea groups is 1. The summed E-state index contributed by atoms with van der Waals surface area (Å²) in [6.45, 7) is 1.27. The van der Waals surface area contributed by atoms with Crippen molar-refractivity contribution in [3.05, 3.63) is 60.3 Å².